The SMILES string of the molecule is C[C@]12CC[C@@H]3[C@H](CCC4=CC(=O)CC[C@@]43C)[C@H]1CC[C@@H]2OC(=O)CCC(=O)N[C@H](Cc1ccccc1)C(=O)O. The molecule has 3 fully saturated rings. The van der Waals surface area contributed by atoms with Crippen LogP contribution in [-0.4, -0.2) is 40.9 Å². The van der Waals surface area contributed by atoms with Crippen LogP contribution in [0.2, 0.25) is 0 Å². The summed E-state index contributed by atoms with van der Waals surface area (Å²) in [6.45, 7) is 4.65. The van der Waals surface area contributed by atoms with Crippen LogP contribution in [0.25, 0.3) is 0 Å². The van der Waals surface area contributed by atoms with Crippen LogP contribution in [-0.2, 0) is 30.3 Å². The number of amides is 1. The van der Waals surface area contributed by atoms with E-state index in [2.05, 4.69) is 19.2 Å². The molecule has 4 aliphatic rings. The molecule has 0 aliphatic heterocycles. The lowest BCUT2D eigenvalue weighted by Crippen LogP contribution is -2.51. The van der Waals surface area contributed by atoms with Gasteiger partial charge in [-0.3, -0.25) is 14.4 Å². The molecule has 0 bridgehead atoms. The van der Waals surface area contributed by atoms with Crippen LogP contribution in [0.4, 0.5) is 0 Å². The maximum absolute atomic E-state index is 12.8. The number of carboxylic acid groups (broad SMARTS) is 1. The third-order valence-electron chi connectivity index (χ3n) is 10.6. The number of carbonyl (C=O) groups excluding carboxylic acids is 3. The maximum Gasteiger partial charge on any atom is 0.326 e. The van der Waals surface area contributed by atoms with Gasteiger partial charge in [-0.25, -0.2) is 4.79 Å². The highest BCUT2D eigenvalue weighted by molar-refractivity contribution is 5.91. The summed E-state index contributed by atoms with van der Waals surface area (Å²) in [5.41, 5.74) is 2.23. The number of benzene rings is 1. The van der Waals surface area contributed by atoms with Crippen molar-refractivity contribution in [2.45, 2.75) is 96.6 Å². The molecule has 210 valence electrons. The van der Waals surface area contributed by atoms with Crippen LogP contribution in [0, 0.1) is 28.6 Å². The van der Waals surface area contributed by atoms with E-state index in [0.29, 0.717) is 24.2 Å². The quantitative estimate of drug-likeness (QED) is 0.452. The summed E-state index contributed by atoms with van der Waals surface area (Å²) in [5.74, 6) is -0.00180. The zero-order valence-electron chi connectivity index (χ0n) is 23.1. The second-order valence-corrected chi connectivity index (χ2v) is 12.7. The molecule has 39 heavy (non-hydrogen) atoms. The Morgan fingerprint density at radius 3 is 2.51 bits per heavy atom. The van der Waals surface area contributed by atoms with E-state index in [1.807, 2.05) is 36.4 Å². The van der Waals surface area contributed by atoms with Gasteiger partial charge in [-0.1, -0.05) is 49.8 Å². The molecule has 0 unspecified atom stereocenters. The first-order chi connectivity index (χ1) is 18.6. The number of hydrogen-bond donors (Lipinski definition) is 2. The average Bonchev–Trinajstić information content (AvgIpc) is 3.24. The molecule has 7 nitrogen and oxygen atoms in total. The topological polar surface area (TPSA) is 110 Å². The Hall–Kier alpha value is -2.96. The van der Waals surface area contributed by atoms with Gasteiger partial charge in [0.25, 0.3) is 0 Å². The minimum absolute atomic E-state index is 0.0624. The van der Waals surface area contributed by atoms with E-state index >= 15 is 0 Å². The number of ketones is 1. The highest BCUT2D eigenvalue weighted by Crippen LogP contribution is 2.65. The number of allylic oxidation sites excluding steroid dienone is 1. The monoisotopic (exact) mass is 535 g/mol. The van der Waals surface area contributed by atoms with Gasteiger partial charge in [0.05, 0.1) is 6.42 Å². The van der Waals surface area contributed by atoms with Gasteiger partial charge in [-0.2, -0.15) is 0 Å². The standard InChI is InChI=1S/C32H41NO6/c1-31-16-14-22(34)19-21(31)8-9-23-24-10-11-27(32(24,2)17-15-25(23)31)39-29(36)13-12-28(35)33-26(30(37)38)18-20-6-4-3-5-7-20/h3-7,19,23-27H,8-18H2,1-2H3,(H,33,35)(H,37,38)/t23-,24-,25-,26-,27+,31+,32+/m1/s1. The summed E-state index contributed by atoms with van der Waals surface area (Å²) in [5, 5.41) is 12.1. The molecule has 0 saturated heterocycles. The van der Waals surface area contributed by atoms with Crippen LogP contribution in [0.1, 0.15) is 83.6 Å². The van der Waals surface area contributed by atoms with Gasteiger partial charge >= 0.3 is 11.9 Å². The zero-order valence-corrected chi connectivity index (χ0v) is 23.1. The lowest BCUT2D eigenvalue weighted by atomic mass is 9.47. The van der Waals surface area contributed by atoms with Crippen LogP contribution in [0.3, 0.4) is 0 Å². The third kappa shape index (κ3) is 5.42. The first kappa shape index (κ1) is 27.6. The smallest absolute Gasteiger partial charge is 0.326 e. The van der Waals surface area contributed by atoms with Crippen molar-refractivity contribution >= 4 is 23.6 Å². The maximum atomic E-state index is 12.8. The Kier molecular flexibility index (Phi) is 7.71. The van der Waals surface area contributed by atoms with Gasteiger partial charge in [0.2, 0.25) is 5.91 Å². The van der Waals surface area contributed by atoms with E-state index in [0.717, 1.165) is 50.5 Å². The van der Waals surface area contributed by atoms with E-state index in [9.17, 15) is 24.3 Å². The van der Waals surface area contributed by atoms with Crippen molar-refractivity contribution in [2.75, 3.05) is 0 Å². The van der Waals surface area contributed by atoms with Crippen molar-refractivity contribution in [1.29, 1.82) is 0 Å². The fourth-order valence-corrected chi connectivity index (χ4v) is 8.45. The number of rotatable bonds is 8. The number of fused-ring (bicyclic) bond motifs is 5. The minimum Gasteiger partial charge on any atom is -0.480 e. The van der Waals surface area contributed by atoms with E-state index in [1.54, 1.807) is 0 Å². The largest absolute Gasteiger partial charge is 0.480 e. The van der Waals surface area contributed by atoms with Gasteiger partial charge in [0.1, 0.15) is 12.1 Å². The van der Waals surface area contributed by atoms with Gasteiger partial charge in [-0.05, 0) is 79.8 Å². The Balaban J connectivity index is 1.15. The zero-order chi connectivity index (χ0) is 27.8. The fourth-order valence-electron chi connectivity index (χ4n) is 8.45. The predicted octanol–water partition coefficient (Wildman–Crippen LogP) is 5.02. The number of ether oxygens (including phenoxy) is 1. The summed E-state index contributed by atoms with van der Waals surface area (Å²) in [6.07, 6.45) is 9.51. The van der Waals surface area contributed by atoms with Gasteiger partial charge in [0, 0.05) is 24.7 Å². The molecule has 0 radical (unpaired) electrons. The summed E-state index contributed by atoms with van der Waals surface area (Å²) < 4.78 is 6.02. The highest BCUT2D eigenvalue weighted by Gasteiger charge is 2.59. The molecule has 7 heteroatoms. The van der Waals surface area contributed by atoms with E-state index < -0.39 is 17.9 Å². The van der Waals surface area contributed by atoms with Crippen LogP contribution in [0.15, 0.2) is 42.0 Å². The fraction of sp³-hybridized carbons (Fsp3) is 0.625. The molecule has 5 rings (SSSR count). The lowest BCUT2D eigenvalue weighted by molar-refractivity contribution is -0.160. The van der Waals surface area contributed by atoms with E-state index in [1.165, 1.54) is 5.57 Å². The molecular weight excluding hydrogens is 494 g/mol. The molecular formula is C32H41NO6. The summed E-state index contributed by atoms with van der Waals surface area (Å²) in [7, 11) is 0. The van der Waals surface area contributed by atoms with E-state index in [4.69, 9.17) is 4.74 Å². The molecule has 0 heterocycles. The third-order valence-corrected chi connectivity index (χ3v) is 10.6. The highest BCUT2D eigenvalue weighted by atomic mass is 16.5. The lowest BCUT2D eigenvalue weighted by Gasteiger charge is -2.57. The number of aliphatic carboxylic acids is 1. The number of carbonyl (C=O) groups is 4. The molecule has 3 saturated carbocycles. The van der Waals surface area contributed by atoms with Gasteiger partial charge in [0.15, 0.2) is 5.78 Å². The first-order valence-corrected chi connectivity index (χ1v) is 14.6. The molecule has 0 spiro atoms. The van der Waals surface area contributed by atoms with Crippen molar-refractivity contribution in [3.8, 4) is 0 Å². The van der Waals surface area contributed by atoms with Crippen molar-refractivity contribution < 1.29 is 29.0 Å². The normalized spacial score (nSPS) is 34.1. The van der Waals surface area contributed by atoms with Crippen LogP contribution >= 0.6 is 0 Å². The molecule has 1 aromatic rings. The molecule has 7 atom stereocenters. The Morgan fingerprint density at radius 1 is 1.00 bits per heavy atom. The Bertz CT molecular complexity index is 1160. The first-order valence-electron chi connectivity index (χ1n) is 14.6. The summed E-state index contributed by atoms with van der Waals surface area (Å²) in [4.78, 5) is 49.1. The Morgan fingerprint density at radius 2 is 1.77 bits per heavy atom. The minimum atomic E-state index is -1.10. The van der Waals surface area contributed by atoms with E-state index in [-0.39, 0.29) is 47.9 Å². The van der Waals surface area contributed by atoms with Crippen LogP contribution < -0.4 is 5.32 Å². The number of esters is 1. The van der Waals surface area contributed by atoms with Crippen molar-refractivity contribution in [3.05, 3.63) is 47.5 Å². The number of nitrogens with one attached hydrogen (secondary N) is 1. The molecule has 1 aromatic carbocycles. The summed E-state index contributed by atoms with van der Waals surface area (Å²) >= 11 is 0. The molecule has 1 amide bonds. The number of carboxylic acids is 1. The Labute approximate surface area is 230 Å². The van der Waals surface area contributed by atoms with Crippen molar-refractivity contribution in [2.24, 2.45) is 28.6 Å². The molecule has 0 aromatic heterocycles. The molecule has 4 aliphatic carbocycles. The van der Waals surface area contributed by atoms with Crippen molar-refractivity contribution in [3.63, 3.8) is 0 Å². The summed E-state index contributed by atoms with van der Waals surface area (Å²) in [6, 6.07) is 8.10. The predicted molar refractivity (Wildman–Crippen MR) is 146 cm³/mol. The molecule has 2 N–H and O–H groups in total. The number of hydrogen-bond acceptors (Lipinski definition) is 5. The second kappa shape index (κ2) is 10.9. The van der Waals surface area contributed by atoms with Crippen LogP contribution in [0.5, 0.6) is 0 Å². The second-order valence-electron chi connectivity index (χ2n) is 12.7. The van der Waals surface area contributed by atoms with Crippen molar-refractivity contribution in [1.82, 2.24) is 5.32 Å². The van der Waals surface area contributed by atoms with Gasteiger partial charge < -0.3 is 15.2 Å². The average molecular weight is 536 g/mol. The van der Waals surface area contributed by atoms with Gasteiger partial charge in [-0.15, -0.1) is 0 Å².